The number of aromatic nitrogens is 2. The van der Waals surface area contributed by atoms with Crippen molar-refractivity contribution in [3.63, 3.8) is 0 Å². The number of hydrogen-bond donors (Lipinski definition) is 2. The predicted molar refractivity (Wildman–Crippen MR) is 98.2 cm³/mol. The zero-order valence-electron chi connectivity index (χ0n) is 14.2. The van der Waals surface area contributed by atoms with Gasteiger partial charge >= 0.3 is 0 Å². The highest BCUT2D eigenvalue weighted by molar-refractivity contribution is 7.13. The third-order valence-corrected chi connectivity index (χ3v) is 4.51. The van der Waals surface area contributed by atoms with Gasteiger partial charge < -0.3 is 15.1 Å². The molecule has 7 nitrogen and oxygen atoms in total. The lowest BCUT2D eigenvalue weighted by Crippen LogP contribution is -2.22. The molecule has 2 heterocycles. The maximum atomic E-state index is 12.2. The summed E-state index contributed by atoms with van der Waals surface area (Å²) < 4.78 is 5.17. The molecule has 1 aromatic carbocycles. The van der Waals surface area contributed by atoms with Crippen molar-refractivity contribution in [3.05, 3.63) is 64.0 Å². The van der Waals surface area contributed by atoms with Crippen molar-refractivity contribution in [2.45, 2.75) is 26.3 Å². The molecule has 0 aliphatic carbocycles. The van der Waals surface area contributed by atoms with Crippen molar-refractivity contribution in [3.8, 4) is 0 Å². The fraction of sp³-hybridized carbons (Fsp3) is 0.222. The van der Waals surface area contributed by atoms with Crippen LogP contribution in [0, 0.1) is 0 Å². The van der Waals surface area contributed by atoms with Gasteiger partial charge in [0.2, 0.25) is 5.01 Å². The predicted octanol–water partition coefficient (Wildman–Crippen LogP) is 3.27. The van der Waals surface area contributed by atoms with Gasteiger partial charge in [0.15, 0.2) is 0 Å². The number of furan rings is 1. The Balaban J connectivity index is 1.56. The summed E-state index contributed by atoms with van der Waals surface area (Å²) in [6.07, 6.45) is 3.33. The van der Waals surface area contributed by atoms with Gasteiger partial charge in [0.05, 0.1) is 12.8 Å². The van der Waals surface area contributed by atoms with Crippen LogP contribution >= 0.6 is 11.3 Å². The molecule has 0 aliphatic rings. The first-order valence-corrected chi connectivity index (χ1v) is 9.01. The maximum Gasteiger partial charge on any atom is 0.286 e. The molecule has 8 heteroatoms. The molecule has 26 heavy (non-hydrogen) atoms. The molecular formula is C18H18N4O3S. The lowest BCUT2D eigenvalue weighted by atomic mass is 10.2. The number of carbonyl (C=O) groups excluding carboxylic acids is 2. The van der Waals surface area contributed by atoms with Crippen LogP contribution in [0.25, 0.3) is 0 Å². The number of carbonyl (C=O) groups is 2. The van der Waals surface area contributed by atoms with Gasteiger partial charge in [-0.15, -0.1) is 10.2 Å². The van der Waals surface area contributed by atoms with Gasteiger partial charge in [-0.2, -0.15) is 0 Å². The Morgan fingerprint density at radius 3 is 2.62 bits per heavy atom. The minimum Gasteiger partial charge on any atom is -0.467 e. The Morgan fingerprint density at radius 1 is 1.12 bits per heavy atom. The van der Waals surface area contributed by atoms with Gasteiger partial charge in [-0.3, -0.25) is 9.59 Å². The molecule has 0 fully saturated rings. The number of anilines is 1. The minimum atomic E-state index is -0.306. The molecular weight excluding hydrogens is 352 g/mol. The zero-order valence-corrected chi connectivity index (χ0v) is 15.0. The molecule has 2 amide bonds. The molecule has 0 bridgehead atoms. The monoisotopic (exact) mass is 370 g/mol. The van der Waals surface area contributed by atoms with Crippen molar-refractivity contribution in [1.82, 2.24) is 15.5 Å². The lowest BCUT2D eigenvalue weighted by Gasteiger charge is -2.06. The van der Waals surface area contributed by atoms with E-state index in [2.05, 4.69) is 20.8 Å². The van der Waals surface area contributed by atoms with E-state index in [-0.39, 0.29) is 11.8 Å². The van der Waals surface area contributed by atoms with E-state index >= 15 is 0 Å². The van der Waals surface area contributed by atoms with E-state index in [4.69, 9.17) is 4.42 Å². The molecule has 2 N–H and O–H groups in total. The zero-order chi connectivity index (χ0) is 18.4. The first kappa shape index (κ1) is 17.8. The number of rotatable bonds is 7. The summed E-state index contributed by atoms with van der Waals surface area (Å²) >= 11 is 1.29. The van der Waals surface area contributed by atoms with E-state index in [1.54, 1.807) is 42.7 Å². The molecule has 2 aromatic heterocycles. The van der Waals surface area contributed by atoms with Crippen molar-refractivity contribution in [2.75, 3.05) is 5.32 Å². The van der Waals surface area contributed by atoms with Crippen LogP contribution in [0.3, 0.4) is 0 Å². The highest BCUT2D eigenvalue weighted by atomic mass is 32.1. The van der Waals surface area contributed by atoms with E-state index in [0.717, 1.165) is 17.8 Å². The second-order valence-electron chi connectivity index (χ2n) is 5.54. The lowest BCUT2D eigenvalue weighted by molar-refractivity contribution is 0.0947. The van der Waals surface area contributed by atoms with Gasteiger partial charge in [-0.05, 0) is 42.8 Å². The van der Waals surface area contributed by atoms with E-state index in [1.165, 1.54) is 11.3 Å². The van der Waals surface area contributed by atoms with Crippen molar-refractivity contribution >= 4 is 28.8 Å². The van der Waals surface area contributed by atoms with Crippen LogP contribution in [-0.2, 0) is 13.0 Å². The number of amides is 2. The Kier molecular flexibility index (Phi) is 5.75. The summed E-state index contributed by atoms with van der Waals surface area (Å²) in [6, 6.07) is 10.2. The summed E-state index contributed by atoms with van der Waals surface area (Å²) in [6.45, 7) is 2.37. The van der Waals surface area contributed by atoms with Crippen molar-refractivity contribution < 1.29 is 14.0 Å². The Hall–Kier alpha value is -3.00. The maximum absolute atomic E-state index is 12.2. The number of hydrogen-bond acceptors (Lipinski definition) is 6. The third-order valence-electron chi connectivity index (χ3n) is 3.53. The van der Waals surface area contributed by atoms with Crippen LogP contribution in [0.4, 0.5) is 5.69 Å². The van der Waals surface area contributed by atoms with Gasteiger partial charge in [0.25, 0.3) is 11.8 Å². The summed E-state index contributed by atoms with van der Waals surface area (Å²) in [5, 5.41) is 14.6. The number of benzene rings is 1. The van der Waals surface area contributed by atoms with Gasteiger partial charge in [0, 0.05) is 17.7 Å². The summed E-state index contributed by atoms with van der Waals surface area (Å²) in [5.41, 5.74) is 1.08. The average molecular weight is 370 g/mol. The highest BCUT2D eigenvalue weighted by Gasteiger charge is 2.13. The van der Waals surface area contributed by atoms with E-state index < -0.39 is 0 Å². The summed E-state index contributed by atoms with van der Waals surface area (Å²) in [5.74, 6) is 0.161. The van der Waals surface area contributed by atoms with E-state index in [9.17, 15) is 9.59 Å². The van der Waals surface area contributed by atoms with Crippen LogP contribution in [-0.4, -0.2) is 22.0 Å². The van der Waals surface area contributed by atoms with Crippen molar-refractivity contribution in [1.29, 1.82) is 0 Å². The average Bonchev–Trinajstić information content (AvgIpc) is 3.32. The topological polar surface area (TPSA) is 97.1 Å². The normalized spacial score (nSPS) is 10.5. The van der Waals surface area contributed by atoms with Crippen molar-refractivity contribution in [2.24, 2.45) is 0 Å². The molecule has 0 saturated carbocycles. The number of nitrogens with zero attached hydrogens (tertiary/aromatic N) is 2. The summed E-state index contributed by atoms with van der Waals surface area (Å²) in [4.78, 5) is 24.3. The van der Waals surface area contributed by atoms with Crippen LogP contribution in [0.2, 0.25) is 0 Å². The van der Waals surface area contributed by atoms with Crippen LogP contribution in [0.1, 0.15) is 44.3 Å². The number of nitrogens with one attached hydrogen (secondary N) is 2. The minimum absolute atomic E-state index is 0.215. The third kappa shape index (κ3) is 4.54. The first-order valence-electron chi connectivity index (χ1n) is 8.20. The molecule has 3 rings (SSSR count). The highest BCUT2D eigenvalue weighted by Crippen LogP contribution is 2.15. The summed E-state index contributed by atoms with van der Waals surface area (Å²) in [7, 11) is 0. The fourth-order valence-electron chi connectivity index (χ4n) is 2.23. The molecule has 0 spiro atoms. The Labute approximate surface area is 154 Å². The van der Waals surface area contributed by atoms with Crippen LogP contribution in [0.5, 0.6) is 0 Å². The van der Waals surface area contributed by atoms with Crippen LogP contribution in [0.15, 0.2) is 47.1 Å². The van der Waals surface area contributed by atoms with E-state index in [0.29, 0.717) is 28.6 Å². The molecule has 0 atom stereocenters. The molecule has 0 saturated heterocycles. The Morgan fingerprint density at radius 2 is 1.92 bits per heavy atom. The van der Waals surface area contributed by atoms with Gasteiger partial charge in [-0.25, -0.2) is 0 Å². The first-order chi connectivity index (χ1) is 12.7. The molecule has 0 unspecified atom stereocenters. The largest absolute Gasteiger partial charge is 0.467 e. The smallest absolute Gasteiger partial charge is 0.286 e. The fourth-order valence-corrected chi connectivity index (χ4v) is 3.07. The quantitative estimate of drug-likeness (QED) is 0.665. The standard InChI is InChI=1S/C18H18N4O3S/c1-2-4-15-21-22-18(26-15)17(24)20-13-8-6-12(7-9-13)16(23)19-11-14-5-3-10-25-14/h3,5-10H,2,4,11H2,1H3,(H,19,23)(H,20,24). The molecule has 0 aliphatic heterocycles. The SMILES string of the molecule is CCCc1nnc(C(=O)Nc2ccc(C(=O)NCc3ccco3)cc2)s1. The second kappa shape index (κ2) is 8.39. The van der Waals surface area contributed by atoms with Gasteiger partial charge in [0.1, 0.15) is 10.8 Å². The molecule has 134 valence electrons. The number of aryl methyl sites for hydroxylation is 1. The second-order valence-corrected chi connectivity index (χ2v) is 6.61. The van der Waals surface area contributed by atoms with Crippen LogP contribution < -0.4 is 10.6 Å². The van der Waals surface area contributed by atoms with Gasteiger partial charge in [-0.1, -0.05) is 18.3 Å². The molecule has 3 aromatic rings. The van der Waals surface area contributed by atoms with E-state index in [1.807, 2.05) is 6.92 Å². The molecule has 0 radical (unpaired) electrons. The Bertz CT molecular complexity index is 872.